The van der Waals surface area contributed by atoms with Crippen LogP contribution in [0.1, 0.15) is 28.7 Å². The fourth-order valence-electron chi connectivity index (χ4n) is 3.31. The van der Waals surface area contributed by atoms with Gasteiger partial charge >= 0.3 is 5.97 Å². The van der Waals surface area contributed by atoms with Gasteiger partial charge in [0.05, 0.1) is 23.4 Å². The van der Waals surface area contributed by atoms with Gasteiger partial charge < -0.3 is 4.74 Å². The molecule has 0 aliphatic carbocycles. The minimum Gasteiger partial charge on any atom is -0.462 e. The molecule has 0 N–H and O–H groups in total. The molecule has 0 fully saturated rings. The van der Waals surface area contributed by atoms with Gasteiger partial charge in [-0.25, -0.2) is 4.79 Å². The van der Waals surface area contributed by atoms with Crippen LogP contribution in [0.3, 0.4) is 0 Å². The molecule has 5 nitrogen and oxygen atoms in total. The second-order valence-corrected chi connectivity index (χ2v) is 8.31. The van der Waals surface area contributed by atoms with E-state index in [2.05, 4.69) is 14.8 Å². The Morgan fingerprint density at radius 1 is 1.10 bits per heavy atom. The van der Waals surface area contributed by atoms with Crippen LogP contribution >= 0.6 is 23.4 Å². The lowest BCUT2D eigenvalue weighted by Gasteiger charge is -2.08. The van der Waals surface area contributed by atoms with E-state index in [1.807, 2.05) is 62.4 Å². The fourth-order valence-corrected chi connectivity index (χ4v) is 4.57. The lowest BCUT2D eigenvalue weighted by molar-refractivity contribution is 0.0526. The van der Waals surface area contributed by atoms with Gasteiger partial charge in [-0.2, -0.15) is 5.10 Å². The zero-order chi connectivity index (χ0) is 21.3. The number of fused-ring (bicyclic) bond motifs is 1. The van der Waals surface area contributed by atoms with Gasteiger partial charge in [-0.3, -0.25) is 4.57 Å². The minimum absolute atomic E-state index is 0.319. The van der Waals surface area contributed by atoms with Crippen molar-refractivity contribution in [3.05, 3.63) is 76.6 Å². The van der Waals surface area contributed by atoms with Crippen molar-refractivity contribution in [2.24, 2.45) is 0 Å². The second-order valence-electron chi connectivity index (χ2n) is 6.79. The standard InChI is InChI=1S/C23H20ClN3O2S/c1-4-29-23(28)16-6-5-7-18(12-16)30-22-15(3)27(21-11-8-14(2)25-26-21)20-13-17(24)9-10-19(20)22/h5-13H,4H2,1-3H3. The highest BCUT2D eigenvalue weighted by Gasteiger charge is 2.18. The molecule has 2 heterocycles. The third-order valence-corrected chi connectivity index (χ3v) is 6.13. The highest BCUT2D eigenvalue weighted by Crippen LogP contribution is 2.40. The Balaban J connectivity index is 1.82. The number of hydrogen-bond acceptors (Lipinski definition) is 5. The Morgan fingerprint density at radius 3 is 2.67 bits per heavy atom. The van der Waals surface area contributed by atoms with Crippen molar-refractivity contribution in [3.63, 3.8) is 0 Å². The van der Waals surface area contributed by atoms with E-state index in [0.29, 0.717) is 17.2 Å². The number of ether oxygens (including phenoxy) is 1. The van der Waals surface area contributed by atoms with Gasteiger partial charge in [0, 0.05) is 25.9 Å². The summed E-state index contributed by atoms with van der Waals surface area (Å²) < 4.78 is 7.19. The zero-order valence-electron chi connectivity index (χ0n) is 16.8. The summed E-state index contributed by atoms with van der Waals surface area (Å²) in [5.74, 6) is 0.415. The van der Waals surface area contributed by atoms with Crippen LogP contribution in [-0.4, -0.2) is 27.3 Å². The molecule has 152 valence electrons. The van der Waals surface area contributed by atoms with Crippen LogP contribution in [0.5, 0.6) is 0 Å². The first-order valence-electron chi connectivity index (χ1n) is 9.54. The van der Waals surface area contributed by atoms with Gasteiger partial charge in [0.2, 0.25) is 0 Å². The highest BCUT2D eigenvalue weighted by molar-refractivity contribution is 7.99. The first-order valence-corrected chi connectivity index (χ1v) is 10.7. The summed E-state index contributed by atoms with van der Waals surface area (Å²) >= 11 is 7.90. The molecule has 0 bridgehead atoms. The van der Waals surface area contributed by atoms with Crippen LogP contribution in [0.25, 0.3) is 16.7 Å². The molecule has 0 amide bonds. The van der Waals surface area contributed by atoms with Crippen molar-refractivity contribution in [1.82, 2.24) is 14.8 Å². The normalized spacial score (nSPS) is 11.1. The molecule has 7 heteroatoms. The summed E-state index contributed by atoms with van der Waals surface area (Å²) in [4.78, 5) is 14.1. The van der Waals surface area contributed by atoms with Crippen LogP contribution in [0.15, 0.2) is 64.4 Å². The zero-order valence-corrected chi connectivity index (χ0v) is 18.4. The molecule has 0 radical (unpaired) electrons. The quantitative estimate of drug-likeness (QED) is 0.357. The van der Waals surface area contributed by atoms with Crippen LogP contribution in [0, 0.1) is 13.8 Å². The van der Waals surface area contributed by atoms with E-state index in [1.165, 1.54) is 0 Å². The molecule has 4 aromatic rings. The van der Waals surface area contributed by atoms with Crippen molar-refractivity contribution in [3.8, 4) is 5.82 Å². The van der Waals surface area contributed by atoms with Crippen LogP contribution in [0.2, 0.25) is 5.02 Å². The SMILES string of the molecule is CCOC(=O)c1cccc(Sc2c(C)n(-c3ccc(C)nn3)c3cc(Cl)ccc23)c1. The number of hydrogen-bond donors (Lipinski definition) is 0. The van der Waals surface area contributed by atoms with E-state index in [0.717, 1.165) is 37.9 Å². The molecule has 4 rings (SSSR count). The average Bonchev–Trinajstić information content (AvgIpc) is 3.00. The number of aryl methyl sites for hydroxylation is 1. The van der Waals surface area contributed by atoms with Crippen LogP contribution < -0.4 is 0 Å². The third kappa shape index (κ3) is 3.93. The third-order valence-electron chi connectivity index (χ3n) is 4.69. The first kappa shape index (κ1) is 20.4. The number of carbonyl (C=O) groups excluding carboxylic acids is 1. The van der Waals surface area contributed by atoms with E-state index in [4.69, 9.17) is 16.3 Å². The number of benzene rings is 2. The molecule has 0 spiro atoms. The van der Waals surface area contributed by atoms with E-state index >= 15 is 0 Å². The Kier molecular flexibility index (Phi) is 5.79. The topological polar surface area (TPSA) is 57.0 Å². The Morgan fingerprint density at radius 2 is 1.93 bits per heavy atom. The summed E-state index contributed by atoms with van der Waals surface area (Å²) in [7, 11) is 0. The lowest BCUT2D eigenvalue weighted by Crippen LogP contribution is -2.04. The molecule has 2 aromatic heterocycles. The van der Waals surface area contributed by atoms with E-state index in [9.17, 15) is 4.79 Å². The smallest absolute Gasteiger partial charge is 0.338 e. The van der Waals surface area contributed by atoms with Crippen molar-refractivity contribution in [2.45, 2.75) is 30.6 Å². The molecule has 2 aromatic carbocycles. The molecule has 0 atom stereocenters. The molecule has 0 unspecified atom stereocenters. The highest BCUT2D eigenvalue weighted by atomic mass is 35.5. The van der Waals surface area contributed by atoms with Gasteiger partial charge in [0.15, 0.2) is 5.82 Å². The maximum Gasteiger partial charge on any atom is 0.338 e. The number of aromatic nitrogens is 3. The molecule has 0 saturated carbocycles. The van der Waals surface area contributed by atoms with Crippen molar-refractivity contribution >= 4 is 40.2 Å². The fraction of sp³-hybridized carbons (Fsp3) is 0.174. The lowest BCUT2D eigenvalue weighted by atomic mass is 10.2. The minimum atomic E-state index is -0.319. The molecule has 0 aliphatic heterocycles. The van der Waals surface area contributed by atoms with Crippen molar-refractivity contribution < 1.29 is 9.53 Å². The predicted octanol–water partition coefficient (Wildman–Crippen LogP) is 6.02. The summed E-state index contributed by atoms with van der Waals surface area (Å²) in [5.41, 5.74) is 3.38. The summed E-state index contributed by atoms with van der Waals surface area (Å²) in [6, 6.07) is 17.2. The maximum absolute atomic E-state index is 12.1. The van der Waals surface area contributed by atoms with Gasteiger partial charge in [0.1, 0.15) is 0 Å². The number of rotatable bonds is 5. The van der Waals surface area contributed by atoms with Gasteiger partial charge in [-0.1, -0.05) is 35.5 Å². The van der Waals surface area contributed by atoms with Gasteiger partial charge in [0.25, 0.3) is 0 Å². The van der Waals surface area contributed by atoms with E-state index < -0.39 is 0 Å². The van der Waals surface area contributed by atoms with Crippen molar-refractivity contribution in [1.29, 1.82) is 0 Å². The summed E-state index contributed by atoms with van der Waals surface area (Å²) in [5, 5.41) is 10.3. The maximum atomic E-state index is 12.1. The van der Waals surface area contributed by atoms with Crippen LogP contribution in [-0.2, 0) is 4.74 Å². The van der Waals surface area contributed by atoms with Gasteiger partial charge in [-0.05, 0) is 63.2 Å². The largest absolute Gasteiger partial charge is 0.462 e. The summed E-state index contributed by atoms with van der Waals surface area (Å²) in [6.07, 6.45) is 0. The molecule has 0 aliphatic rings. The first-order chi connectivity index (χ1) is 14.5. The molecular weight excluding hydrogens is 418 g/mol. The van der Waals surface area contributed by atoms with Gasteiger partial charge in [-0.15, -0.1) is 5.10 Å². The Hall–Kier alpha value is -2.83. The number of halogens is 1. The van der Waals surface area contributed by atoms with E-state index in [-0.39, 0.29) is 5.97 Å². The number of nitrogens with zero attached hydrogens (tertiary/aromatic N) is 3. The van der Waals surface area contributed by atoms with Crippen LogP contribution in [0.4, 0.5) is 0 Å². The number of carbonyl (C=O) groups is 1. The Bertz CT molecular complexity index is 1240. The van der Waals surface area contributed by atoms with E-state index in [1.54, 1.807) is 24.8 Å². The number of esters is 1. The monoisotopic (exact) mass is 437 g/mol. The molecule has 0 saturated heterocycles. The second kappa shape index (κ2) is 8.50. The van der Waals surface area contributed by atoms with Crippen molar-refractivity contribution in [2.75, 3.05) is 6.61 Å². The molecule has 30 heavy (non-hydrogen) atoms. The average molecular weight is 438 g/mol. The Labute approximate surface area is 184 Å². The molecular formula is C23H20ClN3O2S. The predicted molar refractivity (Wildman–Crippen MR) is 120 cm³/mol. The summed E-state index contributed by atoms with van der Waals surface area (Å²) in [6.45, 7) is 6.11.